The lowest BCUT2D eigenvalue weighted by atomic mass is 9.78. The first kappa shape index (κ1) is 27.1. The van der Waals surface area contributed by atoms with Crippen LogP contribution in [-0.2, 0) is 20.7 Å². The molecular formula is C32H38N2O5. The summed E-state index contributed by atoms with van der Waals surface area (Å²) in [6.07, 6.45) is 4.55. The van der Waals surface area contributed by atoms with Gasteiger partial charge in [-0.3, -0.25) is 9.59 Å². The number of esters is 1. The van der Waals surface area contributed by atoms with E-state index in [0.29, 0.717) is 18.0 Å². The topological polar surface area (TPSA) is 103 Å². The molecule has 1 saturated carbocycles. The van der Waals surface area contributed by atoms with Crippen LogP contribution in [0.3, 0.4) is 0 Å². The van der Waals surface area contributed by atoms with Crippen molar-refractivity contribution in [2.24, 2.45) is 17.6 Å². The number of fused-ring (bicyclic) bond motifs is 1. The van der Waals surface area contributed by atoms with Gasteiger partial charge in [0.1, 0.15) is 5.58 Å². The zero-order valence-corrected chi connectivity index (χ0v) is 22.8. The largest absolute Gasteiger partial charge is 0.460 e. The number of amides is 1. The summed E-state index contributed by atoms with van der Waals surface area (Å²) in [7, 11) is 0. The Kier molecular flexibility index (Phi) is 8.17. The van der Waals surface area contributed by atoms with E-state index in [9.17, 15) is 14.4 Å². The van der Waals surface area contributed by atoms with Gasteiger partial charge in [0.2, 0.25) is 11.7 Å². The molecule has 2 heterocycles. The summed E-state index contributed by atoms with van der Waals surface area (Å²) in [5.74, 6) is 0.165. The number of Topliss-reactive ketones (excluding diaryl/α,β-unsaturated/α-hetero) is 1. The third-order valence-electron chi connectivity index (χ3n) is 8.54. The summed E-state index contributed by atoms with van der Waals surface area (Å²) in [6, 6.07) is 16.9. The maximum atomic E-state index is 14.0. The predicted molar refractivity (Wildman–Crippen MR) is 149 cm³/mol. The van der Waals surface area contributed by atoms with E-state index in [1.807, 2.05) is 42.2 Å². The summed E-state index contributed by atoms with van der Waals surface area (Å²) >= 11 is 0. The average Bonchev–Trinajstić information content (AvgIpc) is 3.58. The van der Waals surface area contributed by atoms with Gasteiger partial charge in [0.15, 0.2) is 5.78 Å². The second kappa shape index (κ2) is 11.7. The predicted octanol–water partition coefficient (Wildman–Crippen LogP) is 5.26. The van der Waals surface area contributed by atoms with Crippen LogP contribution in [0.25, 0.3) is 11.0 Å². The van der Waals surface area contributed by atoms with Crippen LogP contribution < -0.4 is 5.73 Å². The number of carbonyl (C=O) groups excluding carboxylic acids is 3. The van der Waals surface area contributed by atoms with Gasteiger partial charge in [0, 0.05) is 36.2 Å². The quantitative estimate of drug-likeness (QED) is 0.399. The summed E-state index contributed by atoms with van der Waals surface area (Å²) in [5, 5.41) is 0.744. The number of nitrogens with zero attached hydrogens (tertiary/aromatic N) is 1. The van der Waals surface area contributed by atoms with Crippen molar-refractivity contribution >= 4 is 28.6 Å². The molecule has 39 heavy (non-hydrogen) atoms. The van der Waals surface area contributed by atoms with Gasteiger partial charge < -0.3 is 19.8 Å². The fourth-order valence-electron chi connectivity index (χ4n) is 6.42. The third kappa shape index (κ3) is 5.78. The molecule has 1 aliphatic heterocycles. The van der Waals surface area contributed by atoms with Gasteiger partial charge in [-0.15, -0.1) is 0 Å². The fraction of sp³-hybridized carbons (Fsp3) is 0.469. The van der Waals surface area contributed by atoms with Crippen LogP contribution >= 0.6 is 0 Å². The zero-order chi connectivity index (χ0) is 27.5. The molecule has 206 valence electrons. The molecule has 7 nitrogen and oxygen atoms in total. The lowest BCUT2D eigenvalue weighted by Crippen LogP contribution is -2.47. The highest BCUT2D eigenvalue weighted by atomic mass is 16.5. The standard InChI is InChI=1S/C32H38N2O5/c1-3-38-32(37)29-19-25-17-21(9-14-28(25)39-29)18-27(35)30-26(23-7-5-4-6-8-23)15-16-34(30)31(36)24-12-10-22(11-13-24)20(2)33/h4-9,14,17,19-20,22,24,26,30H,3,10-13,15-16,18,33H2,1-2H3/t20?,22?,24?,26-,30+/m1/s1. The number of benzene rings is 2. The van der Waals surface area contributed by atoms with Gasteiger partial charge in [0.25, 0.3) is 0 Å². The number of rotatable bonds is 8. The number of likely N-dealkylation sites (tertiary alicyclic amines) is 1. The van der Waals surface area contributed by atoms with Crippen LogP contribution in [0, 0.1) is 11.8 Å². The maximum absolute atomic E-state index is 14.0. The first-order valence-corrected chi connectivity index (χ1v) is 14.2. The number of hydrogen-bond acceptors (Lipinski definition) is 6. The molecule has 1 saturated heterocycles. The Hall–Kier alpha value is -3.45. The normalized spacial score (nSPS) is 24.0. The molecule has 1 aliphatic carbocycles. The Morgan fingerprint density at radius 3 is 2.46 bits per heavy atom. The van der Waals surface area contributed by atoms with E-state index in [1.54, 1.807) is 19.1 Å². The molecule has 0 spiro atoms. The molecule has 2 fully saturated rings. The Labute approximate surface area is 229 Å². The summed E-state index contributed by atoms with van der Waals surface area (Å²) in [5.41, 5.74) is 8.61. The second-order valence-corrected chi connectivity index (χ2v) is 11.1. The van der Waals surface area contributed by atoms with E-state index < -0.39 is 12.0 Å². The highest BCUT2D eigenvalue weighted by Gasteiger charge is 2.44. The molecule has 2 aliphatic rings. The van der Waals surface area contributed by atoms with E-state index in [1.165, 1.54) is 0 Å². The van der Waals surface area contributed by atoms with Crippen LogP contribution in [0.1, 0.15) is 73.6 Å². The van der Waals surface area contributed by atoms with Crippen molar-refractivity contribution < 1.29 is 23.5 Å². The lowest BCUT2D eigenvalue weighted by Gasteiger charge is -2.34. The minimum Gasteiger partial charge on any atom is -0.460 e. The van der Waals surface area contributed by atoms with Crippen molar-refractivity contribution in [1.82, 2.24) is 4.90 Å². The van der Waals surface area contributed by atoms with Gasteiger partial charge in [-0.2, -0.15) is 0 Å². The Morgan fingerprint density at radius 2 is 1.77 bits per heavy atom. The van der Waals surface area contributed by atoms with E-state index in [-0.39, 0.29) is 48.4 Å². The first-order valence-electron chi connectivity index (χ1n) is 14.2. The number of ether oxygens (including phenoxy) is 1. The number of ketones is 1. The molecule has 3 aromatic rings. The summed E-state index contributed by atoms with van der Waals surface area (Å²) in [4.78, 5) is 41.7. The van der Waals surface area contributed by atoms with E-state index in [0.717, 1.165) is 48.6 Å². The Morgan fingerprint density at radius 1 is 1.03 bits per heavy atom. The number of carbonyl (C=O) groups is 3. The molecule has 2 N–H and O–H groups in total. The minimum atomic E-state index is -0.507. The van der Waals surface area contributed by atoms with E-state index in [4.69, 9.17) is 14.9 Å². The molecule has 0 bridgehead atoms. The van der Waals surface area contributed by atoms with Gasteiger partial charge in [-0.1, -0.05) is 36.4 Å². The van der Waals surface area contributed by atoms with Gasteiger partial charge >= 0.3 is 5.97 Å². The first-order chi connectivity index (χ1) is 18.9. The maximum Gasteiger partial charge on any atom is 0.374 e. The van der Waals surface area contributed by atoms with Crippen molar-refractivity contribution in [2.75, 3.05) is 13.2 Å². The monoisotopic (exact) mass is 530 g/mol. The summed E-state index contributed by atoms with van der Waals surface area (Å²) < 4.78 is 10.7. The van der Waals surface area contributed by atoms with E-state index >= 15 is 0 Å². The molecule has 3 atom stereocenters. The molecule has 2 aromatic carbocycles. The van der Waals surface area contributed by atoms with E-state index in [2.05, 4.69) is 12.1 Å². The van der Waals surface area contributed by atoms with Crippen molar-refractivity contribution in [2.45, 2.75) is 70.4 Å². The van der Waals surface area contributed by atoms with Crippen molar-refractivity contribution in [3.05, 3.63) is 71.5 Å². The zero-order valence-electron chi connectivity index (χ0n) is 22.8. The van der Waals surface area contributed by atoms with Crippen LogP contribution in [-0.4, -0.2) is 47.8 Å². The van der Waals surface area contributed by atoms with Crippen LogP contribution in [0.2, 0.25) is 0 Å². The van der Waals surface area contributed by atoms with Crippen molar-refractivity contribution in [3.8, 4) is 0 Å². The molecule has 0 radical (unpaired) electrons. The SMILES string of the molecule is CCOC(=O)c1cc2cc(CC(=O)[C@@H]3[C@@H](c4ccccc4)CCN3C(=O)C3CCC(C(C)N)CC3)ccc2o1. The molecule has 1 aromatic heterocycles. The van der Waals surface area contributed by atoms with Gasteiger partial charge in [0.05, 0.1) is 12.6 Å². The smallest absolute Gasteiger partial charge is 0.374 e. The molecule has 1 amide bonds. The third-order valence-corrected chi connectivity index (χ3v) is 8.54. The second-order valence-electron chi connectivity index (χ2n) is 11.1. The molecular weight excluding hydrogens is 492 g/mol. The number of nitrogens with two attached hydrogens (primary N) is 1. The lowest BCUT2D eigenvalue weighted by molar-refractivity contribution is -0.142. The van der Waals surface area contributed by atoms with Gasteiger partial charge in [-0.25, -0.2) is 4.79 Å². The van der Waals surface area contributed by atoms with Crippen LogP contribution in [0.15, 0.2) is 59.0 Å². The number of hydrogen-bond donors (Lipinski definition) is 1. The molecule has 7 heteroatoms. The van der Waals surface area contributed by atoms with Crippen LogP contribution in [0.4, 0.5) is 0 Å². The molecule has 1 unspecified atom stereocenters. The Balaban J connectivity index is 1.37. The summed E-state index contributed by atoms with van der Waals surface area (Å²) in [6.45, 7) is 4.65. The van der Waals surface area contributed by atoms with Gasteiger partial charge in [-0.05, 0) is 81.2 Å². The van der Waals surface area contributed by atoms with Crippen molar-refractivity contribution in [1.29, 1.82) is 0 Å². The number of furan rings is 1. The average molecular weight is 531 g/mol. The molecule has 5 rings (SSSR count). The minimum absolute atomic E-state index is 0.0314. The Bertz CT molecular complexity index is 1320. The fourth-order valence-corrected chi connectivity index (χ4v) is 6.42. The highest BCUT2D eigenvalue weighted by Crippen LogP contribution is 2.38. The van der Waals surface area contributed by atoms with Crippen molar-refractivity contribution in [3.63, 3.8) is 0 Å². The van der Waals surface area contributed by atoms with Crippen LogP contribution in [0.5, 0.6) is 0 Å². The highest BCUT2D eigenvalue weighted by molar-refractivity contribution is 5.95.